The van der Waals surface area contributed by atoms with Crippen LogP contribution in [0.2, 0.25) is 0 Å². The second kappa shape index (κ2) is 4.25. The number of ether oxygens (including phenoxy) is 1. The fraction of sp³-hybridized carbons (Fsp3) is 0.111. The summed E-state index contributed by atoms with van der Waals surface area (Å²) in [4.78, 5) is 14.3. The van der Waals surface area contributed by atoms with E-state index in [0.29, 0.717) is 5.75 Å². The Kier molecular flexibility index (Phi) is 3.03. The van der Waals surface area contributed by atoms with Crippen LogP contribution >= 0.6 is 0 Å². The summed E-state index contributed by atoms with van der Waals surface area (Å²) in [6.07, 6.45) is 6.05. The molecule has 0 aliphatic rings. The first-order valence-electron chi connectivity index (χ1n) is 3.69. The van der Waals surface area contributed by atoms with Crippen molar-refractivity contribution in [2.75, 3.05) is 7.11 Å². The Morgan fingerprint density at radius 1 is 1.62 bits per heavy atom. The van der Waals surface area contributed by atoms with Crippen molar-refractivity contribution >= 4 is 12.0 Å². The van der Waals surface area contributed by atoms with Gasteiger partial charge >= 0.3 is 0 Å². The van der Waals surface area contributed by atoms with E-state index in [4.69, 9.17) is 10.5 Å². The van der Waals surface area contributed by atoms with E-state index in [2.05, 4.69) is 4.98 Å². The number of carbonyl (C=O) groups excluding carboxylic acids is 1. The summed E-state index contributed by atoms with van der Waals surface area (Å²) in [6.45, 7) is 0. The molecular formula is C9H10N2O2. The number of carbonyl (C=O) groups is 1. The topological polar surface area (TPSA) is 65.2 Å². The maximum atomic E-state index is 10.4. The van der Waals surface area contributed by atoms with E-state index in [1.807, 2.05) is 0 Å². The minimum absolute atomic E-state index is 0.484. The van der Waals surface area contributed by atoms with Gasteiger partial charge in [-0.05, 0) is 17.7 Å². The third-order valence-electron chi connectivity index (χ3n) is 1.41. The van der Waals surface area contributed by atoms with E-state index < -0.39 is 5.91 Å². The monoisotopic (exact) mass is 178 g/mol. The van der Waals surface area contributed by atoms with Crippen LogP contribution in [0.15, 0.2) is 24.5 Å². The third-order valence-corrected chi connectivity index (χ3v) is 1.41. The molecular weight excluding hydrogens is 168 g/mol. The predicted octanol–water partition coefficient (Wildman–Crippen LogP) is 0.589. The van der Waals surface area contributed by atoms with Crippen LogP contribution in [-0.4, -0.2) is 18.0 Å². The van der Waals surface area contributed by atoms with Crippen molar-refractivity contribution < 1.29 is 9.53 Å². The summed E-state index contributed by atoms with van der Waals surface area (Å²) >= 11 is 0. The van der Waals surface area contributed by atoms with Gasteiger partial charge in [0.05, 0.1) is 13.3 Å². The molecule has 1 amide bonds. The van der Waals surface area contributed by atoms with Crippen LogP contribution in [0, 0.1) is 0 Å². The molecule has 2 N–H and O–H groups in total. The van der Waals surface area contributed by atoms with Crippen LogP contribution in [-0.2, 0) is 4.79 Å². The van der Waals surface area contributed by atoms with Crippen LogP contribution in [0.25, 0.3) is 6.08 Å². The number of nitrogens with zero attached hydrogens (tertiary/aromatic N) is 1. The maximum Gasteiger partial charge on any atom is 0.241 e. The number of primary amides is 1. The van der Waals surface area contributed by atoms with Crippen LogP contribution in [0.3, 0.4) is 0 Å². The smallest absolute Gasteiger partial charge is 0.241 e. The van der Waals surface area contributed by atoms with E-state index in [9.17, 15) is 4.79 Å². The number of amides is 1. The number of hydrogen-bond donors (Lipinski definition) is 1. The molecule has 1 heterocycles. The number of aromatic nitrogens is 1. The molecule has 4 nitrogen and oxygen atoms in total. The number of nitrogens with two attached hydrogens (primary N) is 1. The number of hydrogen-bond acceptors (Lipinski definition) is 3. The number of pyridine rings is 1. The standard InChI is InChI=1S/C9H10N2O2/c1-13-8-4-7(5-11-6-8)2-3-9(10)12/h2-6H,1H3,(H2,10,12)/b3-2-. The summed E-state index contributed by atoms with van der Waals surface area (Å²) < 4.78 is 4.95. The molecule has 0 fully saturated rings. The first-order valence-corrected chi connectivity index (χ1v) is 3.69. The molecule has 4 heteroatoms. The van der Waals surface area contributed by atoms with Crippen molar-refractivity contribution in [3.05, 3.63) is 30.1 Å². The summed E-state index contributed by atoms with van der Waals surface area (Å²) in [5.74, 6) is 0.162. The highest BCUT2D eigenvalue weighted by atomic mass is 16.5. The zero-order valence-corrected chi connectivity index (χ0v) is 7.23. The molecule has 0 atom stereocenters. The van der Waals surface area contributed by atoms with Gasteiger partial charge in [-0.3, -0.25) is 9.78 Å². The minimum Gasteiger partial charge on any atom is -0.495 e. The van der Waals surface area contributed by atoms with Gasteiger partial charge in [0.2, 0.25) is 5.91 Å². The van der Waals surface area contributed by atoms with Crippen LogP contribution in [0.1, 0.15) is 5.56 Å². The van der Waals surface area contributed by atoms with Crippen molar-refractivity contribution in [3.63, 3.8) is 0 Å². The lowest BCUT2D eigenvalue weighted by Gasteiger charge is -1.98. The number of rotatable bonds is 3. The average molecular weight is 178 g/mol. The number of methoxy groups -OCH3 is 1. The molecule has 13 heavy (non-hydrogen) atoms. The molecule has 0 bridgehead atoms. The molecule has 0 unspecified atom stereocenters. The highest BCUT2D eigenvalue weighted by Gasteiger charge is 1.92. The molecule has 0 saturated carbocycles. The van der Waals surface area contributed by atoms with Crippen molar-refractivity contribution in [1.82, 2.24) is 4.98 Å². The highest BCUT2D eigenvalue weighted by Crippen LogP contribution is 2.10. The molecule has 0 saturated heterocycles. The lowest BCUT2D eigenvalue weighted by molar-refractivity contribution is -0.113. The zero-order chi connectivity index (χ0) is 9.68. The zero-order valence-electron chi connectivity index (χ0n) is 7.23. The van der Waals surface area contributed by atoms with Crippen molar-refractivity contribution in [2.45, 2.75) is 0 Å². The summed E-state index contributed by atoms with van der Waals surface area (Å²) in [5, 5.41) is 0. The van der Waals surface area contributed by atoms with Crippen LogP contribution in [0.5, 0.6) is 5.75 Å². The van der Waals surface area contributed by atoms with Crippen LogP contribution < -0.4 is 10.5 Å². The SMILES string of the molecule is COc1cncc(/C=C\C(N)=O)c1. The van der Waals surface area contributed by atoms with Crippen molar-refractivity contribution in [3.8, 4) is 5.75 Å². The maximum absolute atomic E-state index is 10.4. The van der Waals surface area contributed by atoms with Gasteiger partial charge in [-0.15, -0.1) is 0 Å². The van der Waals surface area contributed by atoms with Gasteiger partial charge < -0.3 is 10.5 Å². The molecule has 0 spiro atoms. The van der Waals surface area contributed by atoms with Gasteiger partial charge in [0.1, 0.15) is 5.75 Å². The summed E-state index contributed by atoms with van der Waals surface area (Å²) in [7, 11) is 1.55. The first kappa shape index (κ1) is 9.25. The van der Waals surface area contributed by atoms with Gasteiger partial charge in [0.25, 0.3) is 0 Å². The van der Waals surface area contributed by atoms with E-state index in [1.54, 1.807) is 31.6 Å². The molecule has 1 aromatic rings. The molecule has 0 aliphatic carbocycles. The lowest BCUT2D eigenvalue weighted by Crippen LogP contribution is -2.05. The first-order chi connectivity index (χ1) is 6.22. The van der Waals surface area contributed by atoms with E-state index >= 15 is 0 Å². The Morgan fingerprint density at radius 3 is 3.00 bits per heavy atom. The Morgan fingerprint density at radius 2 is 2.38 bits per heavy atom. The van der Waals surface area contributed by atoms with Crippen molar-refractivity contribution in [1.29, 1.82) is 0 Å². The lowest BCUT2D eigenvalue weighted by atomic mass is 10.2. The predicted molar refractivity (Wildman–Crippen MR) is 49.0 cm³/mol. The second-order valence-corrected chi connectivity index (χ2v) is 2.39. The molecule has 68 valence electrons. The summed E-state index contributed by atoms with van der Waals surface area (Å²) in [5.41, 5.74) is 5.71. The van der Waals surface area contributed by atoms with Gasteiger partial charge in [-0.25, -0.2) is 0 Å². The molecule has 0 aliphatic heterocycles. The molecule has 0 aromatic carbocycles. The van der Waals surface area contributed by atoms with Crippen LogP contribution in [0.4, 0.5) is 0 Å². The minimum atomic E-state index is -0.484. The Labute approximate surface area is 76.0 Å². The van der Waals surface area contributed by atoms with E-state index in [0.717, 1.165) is 5.56 Å². The molecule has 1 rings (SSSR count). The second-order valence-electron chi connectivity index (χ2n) is 2.39. The highest BCUT2D eigenvalue weighted by molar-refractivity contribution is 5.90. The van der Waals surface area contributed by atoms with Gasteiger partial charge in [-0.2, -0.15) is 0 Å². The Balaban J connectivity index is 2.83. The molecule has 1 aromatic heterocycles. The van der Waals surface area contributed by atoms with E-state index in [-0.39, 0.29) is 0 Å². The van der Waals surface area contributed by atoms with Crippen molar-refractivity contribution in [2.24, 2.45) is 5.73 Å². The normalized spacial score (nSPS) is 10.2. The average Bonchev–Trinajstić information content (AvgIpc) is 2.15. The van der Waals surface area contributed by atoms with Gasteiger partial charge in [0, 0.05) is 12.3 Å². The fourth-order valence-corrected chi connectivity index (χ4v) is 0.817. The quantitative estimate of drug-likeness (QED) is 0.689. The largest absolute Gasteiger partial charge is 0.495 e. The van der Waals surface area contributed by atoms with Gasteiger partial charge in [0.15, 0.2) is 0 Å². The third kappa shape index (κ3) is 2.94. The van der Waals surface area contributed by atoms with E-state index in [1.165, 1.54) is 6.08 Å². The summed E-state index contributed by atoms with van der Waals surface area (Å²) in [6, 6.07) is 1.76. The fourth-order valence-electron chi connectivity index (χ4n) is 0.817. The Hall–Kier alpha value is -1.84. The van der Waals surface area contributed by atoms with Gasteiger partial charge in [-0.1, -0.05) is 0 Å². The molecule has 0 radical (unpaired) electrons. The Bertz CT molecular complexity index is 334.